The van der Waals surface area contributed by atoms with Gasteiger partial charge in [-0.25, -0.2) is 0 Å². The van der Waals surface area contributed by atoms with Crippen LogP contribution < -0.4 is 0 Å². The summed E-state index contributed by atoms with van der Waals surface area (Å²) >= 11 is 0. The van der Waals surface area contributed by atoms with Crippen molar-refractivity contribution in [2.24, 2.45) is 0 Å². The molecule has 0 heteroatoms. The zero-order valence-electron chi connectivity index (χ0n) is 42.5. The fourth-order valence-corrected chi connectivity index (χ4v) is 13.4. The van der Waals surface area contributed by atoms with E-state index in [1.54, 1.807) is 0 Å². The predicted octanol–water partition coefficient (Wildman–Crippen LogP) is 20.5. The second kappa shape index (κ2) is 17.3. The van der Waals surface area contributed by atoms with E-state index in [9.17, 15) is 0 Å². The van der Waals surface area contributed by atoms with Crippen LogP contribution in [0.25, 0.3) is 110 Å². The Labute approximate surface area is 426 Å². The van der Waals surface area contributed by atoms with Gasteiger partial charge in [0.15, 0.2) is 0 Å². The van der Waals surface area contributed by atoms with E-state index in [1.165, 1.54) is 176 Å². The average molecular weight is 927 g/mol. The lowest BCUT2D eigenvalue weighted by atomic mass is 9.79. The molecule has 0 unspecified atom stereocenters. The molecule has 350 valence electrons. The summed E-state index contributed by atoms with van der Waals surface area (Å²) in [6.45, 7) is 11.9. The third-order valence-corrected chi connectivity index (χ3v) is 17.1. The smallest absolute Gasteiger partial charge is 0.0159 e. The van der Waals surface area contributed by atoms with E-state index in [1.807, 2.05) is 0 Å². The van der Waals surface area contributed by atoms with Crippen LogP contribution in [0.1, 0.15) is 101 Å². The first-order chi connectivity index (χ1) is 35.2. The summed E-state index contributed by atoms with van der Waals surface area (Å²) in [4.78, 5) is 0. The number of rotatable bonds is 11. The van der Waals surface area contributed by atoms with E-state index < -0.39 is 0 Å². The van der Waals surface area contributed by atoms with Crippen molar-refractivity contribution in [3.05, 3.63) is 228 Å². The fraction of sp³-hybridized carbons (Fsp3) is 0.194. The quantitative estimate of drug-likeness (QED) is 0.0896. The van der Waals surface area contributed by atoms with E-state index in [0.29, 0.717) is 0 Å². The van der Waals surface area contributed by atoms with Gasteiger partial charge in [-0.15, -0.1) is 0 Å². The molecule has 0 N–H and O–H groups in total. The molecule has 11 aromatic carbocycles. The molecule has 0 nitrogen and oxygen atoms in total. The number of hydrogen-bond donors (Lipinski definition) is 0. The Balaban J connectivity index is 0.894. The first-order valence-electron chi connectivity index (χ1n) is 26.7. The molecular weight excluding hydrogens is 865 g/mol. The molecule has 0 aliphatic heterocycles. The first kappa shape index (κ1) is 44.4. The van der Waals surface area contributed by atoms with Crippen molar-refractivity contribution >= 4 is 43.1 Å². The maximum atomic E-state index is 2.52. The molecule has 0 heterocycles. The highest BCUT2D eigenvalue weighted by molar-refractivity contribution is 6.23. The van der Waals surface area contributed by atoms with Gasteiger partial charge in [0.2, 0.25) is 0 Å². The molecular formula is C72H62. The monoisotopic (exact) mass is 926 g/mol. The summed E-state index contributed by atoms with van der Waals surface area (Å²) < 4.78 is 0. The topological polar surface area (TPSA) is 0 Å². The van der Waals surface area contributed by atoms with Gasteiger partial charge in [0.25, 0.3) is 0 Å². The van der Waals surface area contributed by atoms with Gasteiger partial charge in [-0.2, -0.15) is 0 Å². The van der Waals surface area contributed by atoms with Crippen molar-refractivity contribution in [3.8, 4) is 66.8 Å². The van der Waals surface area contributed by atoms with Crippen LogP contribution in [0.5, 0.6) is 0 Å². The highest BCUT2D eigenvalue weighted by atomic mass is 14.4. The Hall–Kier alpha value is -7.54. The highest BCUT2D eigenvalue weighted by Crippen LogP contribution is 2.55. The molecule has 0 atom stereocenters. The van der Waals surface area contributed by atoms with Crippen LogP contribution in [0.2, 0.25) is 0 Å². The second-order valence-electron chi connectivity index (χ2n) is 22.0. The van der Waals surface area contributed by atoms with Crippen LogP contribution in [0, 0.1) is 0 Å². The van der Waals surface area contributed by atoms with Gasteiger partial charge in [-0.05, 0) is 169 Å². The summed E-state index contributed by atoms with van der Waals surface area (Å²) in [5.41, 5.74) is 22.5. The average Bonchev–Trinajstić information content (AvgIpc) is 3.78. The fourth-order valence-electron chi connectivity index (χ4n) is 13.4. The summed E-state index contributed by atoms with van der Waals surface area (Å²) in [6, 6.07) is 76.8. The third kappa shape index (κ3) is 6.93. The van der Waals surface area contributed by atoms with Crippen molar-refractivity contribution in [1.29, 1.82) is 0 Å². The van der Waals surface area contributed by atoms with Gasteiger partial charge in [-0.3, -0.25) is 0 Å². The van der Waals surface area contributed by atoms with Crippen molar-refractivity contribution in [2.75, 3.05) is 0 Å². The lowest BCUT2D eigenvalue weighted by Gasteiger charge is -2.24. The third-order valence-electron chi connectivity index (χ3n) is 17.1. The number of aryl methyl sites for hydroxylation is 1. The minimum Gasteiger partial charge on any atom is -0.0654 e. The van der Waals surface area contributed by atoms with Gasteiger partial charge in [0.05, 0.1) is 0 Å². The highest BCUT2D eigenvalue weighted by Gasteiger charge is 2.38. The zero-order chi connectivity index (χ0) is 48.7. The molecule has 0 fully saturated rings. The van der Waals surface area contributed by atoms with Crippen molar-refractivity contribution < 1.29 is 0 Å². The molecule has 11 aromatic rings. The lowest BCUT2D eigenvalue weighted by molar-refractivity contribution is 0.607. The zero-order valence-corrected chi connectivity index (χ0v) is 42.5. The van der Waals surface area contributed by atoms with Crippen molar-refractivity contribution in [3.63, 3.8) is 0 Å². The Morgan fingerprint density at radius 1 is 0.278 bits per heavy atom. The van der Waals surface area contributed by atoms with Gasteiger partial charge in [0, 0.05) is 10.8 Å². The maximum absolute atomic E-state index is 2.52. The summed E-state index contributed by atoms with van der Waals surface area (Å²) in [5, 5.41) is 10.4. The van der Waals surface area contributed by atoms with Crippen LogP contribution in [0.15, 0.2) is 200 Å². The molecule has 13 rings (SSSR count). The first-order valence-corrected chi connectivity index (χ1v) is 26.7. The van der Waals surface area contributed by atoms with E-state index in [-0.39, 0.29) is 10.8 Å². The van der Waals surface area contributed by atoms with Crippen LogP contribution in [-0.4, -0.2) is 0 Å². The molecule has 72 heavy (non-hydrogen) atoms. The lowest BCUT2D eigenvalue weighted by Crippen LogP contribution is -2.15. The molecule has 0 aromatic heterocycles. The summed E-state index contributed by atoms with van der Waals surface area (Å²) in [7, 11) is 0. The van der Waals surface area contributed by atoms with E-state index in [0.717, 1.165) is 6.42 Å². The number of fused-ring (bicyclic) bond motifs is 10. The molecule has 2 aliphatic carbocycles. The molecule has 0 radical (unpaired) electrons. The normalized spacial score (nSPS) is 14.0. The molecule has 2 aliphatic rings. The van der Waals surface area contributed by atoms with E-state index in [4.69, 9.17) is 0 Å². The van der Waals surface area contributed by atoms with Gasteiger partial charge in [0.1, 0.15) is 0 Å². The van der Waals surface area contributed by atoms with Crippen LogP contribution in [-0.2, 0) is 17.3 Å². The van der Waals surface area contributed by atoms with Crippen LogP contribution >= 0.6 is 0 Å². The minimum absolute atomic E-state index is 0.0744. The summed E-state index contributed by atoms with van der Waals surface area (Å²) in [6.07, 6.45) is 9.11. The number of benzene rings is 11. The van der Waals surface area contributed by atoms with Gasteiger partial charge < -0.3 is 0 Å². The predicted molar refractivity (Wildman–Crippen MR) is 310 cm³/mol. The molecule has 0 saturated carbocycles. The molecule has 0 bridgehead atoms. The van der Waals surface area contributed by atoms with Crippen molar-refractivity contribution in [1.82, 2.24) is 0 Å². The second-order valence-corrected chi connectivity index (χ2v) is 22.0. The number of unbranched alkanes of at least 4 members (excludes halogenated alkanes) is 5. The van der Waals surface area contributed by atoms with Gasteiger partial charge in [-0.1, -0.05) is 249 Å². The Kier molecular flexibility index (Phi) is 10.7. The number of hydrogen-bond acceptors (Lipinski definition) is 0. The summed E-state index contributed by atoms with van der Waals surface area (Å²) in [5.74, 6) is 0. The Bertz CT molecular complexity index is 3840. The van der Waals surface area contributed by atoms with Crippen LogP contribution in [0.3, 0.4) is 0 Å². The minimum atomic E-state index is -0.222. The largest absolute Gasteiger partial charge is 0.0654 e. The van der Waals surface area contributed by atoms with Crippen molar-refractivity contribution in [2.45, 2.75) is 90.4 Å². The maximum Gasteiger partial charge on any atom is 0.0159 e. The van der Waals surface area contributed by atoms with Gasteiger partial charge >= 0.3 is 0 Å². The standard InChI is InChI=1S/C72H62/c1-6-7-8-9-10-11-22-46-33-35-47(36-34-46)67-55-24-12-14-26-57(55)68(58-27-15-13-25-56(58)67)49-38-41-53-54-42-39-50(45-66(54)72(4,5)65(53)44-49)70-61-30-18-16-28-59(61)69(60-29-17-19-31-62(60)70)48-37-40-52-51-23-20-21-32-63(51)71(2,3)64(52)43-48/h12-21,23-45H,6-11,22H2,1-5H3. The molecule has 0 spiro atoms. The molecule has 0 amide bonds. The Morgan fingerprint density at radius 3 is 0.986 bits per heavy atom. The van der Waals surface area contributed by atoms with E-state index in [2.05, 4.69) is 235 Å². The van der Waals surface area contributed by atoms with Crippen LogP contribution in [0.4, 0.5) is 0 Å². The Morgan fingerprint density at radius 2 is 0.583 bits per heavy atom. The van der Waals surface area contributed by atoms with E-state index >= 15 is 0 Å². The SMILES string of the molecule is CCCCCCCCc1ccc(-c2c3ccccc3c(-c3ccc4c(c3)C(C)(C)c3cc(-c5c6ccccc6c(-c6ccc7c(c6)C(C)(C)c6ccccc6-7)c6ccccc56)ccc3-4)c3ccccc23)cc1. The molecule has 0 saturated heterocycles.